The Morgan fingerprint density at radius 1 is 0.549 bits per heavy atom. The van der Waals surface area contributed by atoms with Gasteiger partial charge in [-0.3, -0.25) is 43.2 Å². The van der Waals surface area contributed by atoms with Crippen LogP contribution in [0.5, 0.6) is 5.75 Å². The van der Waals surface area contributed by atoms with Crippen LogP contribution in [0.3, 0.4) is 0 Å². The summed E-state index contributed by atoms with van der Waals surface area (Å²) in [5.41, 5.74) is 3.92. The van der Waals surface area contributed by atoms with Crippen LogP contribution in [-0.2, 0) is 51.9 Å². The van der Waals surface area contributed by atoms with Crippen molar-refractivity contribution in [3.05, 3.63) is 150 Å². The van der Waals surface area contributed by atoms with Crippen molar-refractivity contribution >= 4 is 132 Å². The molecule has 0 saturated heterocycles. The number of aromatic hydroxyl groups is 1. The molecule has 7 aromatic heterocycles. The molecule has 1 aliphatic rings. The number of hydrogen-bond acceptors (Lipinski definition) is 14. The number of nitrogens with one attached hydrogen (secondary N) is 9. The average Bonchev–Trinajstić information content (AvgIpc) is 1.63. The van der Waals surface area contributed by atoms with Crippen LogP contribution in [0.15, 0.2) is 104 Å². The predicted octanol–water partition coefficient (Wildman–Crippen LogP) is 5.99. The highest BCUT2D eigenvalue weighted by atomic mass is 35.5. The van der Waals surface area contributed by atoms with Crippen molar-refractivity contribution in [1.29, 1.82) is 0 Å². The Morgan fingerprint density at radius 3 is 1.58 bits per heavy atom. The van der Waals surface area contributed by atoms with Gasteiger partial charge in [0.05, 0.1) is 17.1 Å². The van der Waals surface area contributed by atoms with E-state index in [0.29, 0.717) is 45.6 Å². The molecular formula is C60H59ClN20O10. The number of carbonyl (C=O) groups excluding carboxylic acids is 9. The Morgan fingerprint density at radius 2 is 1.04 bits per heavy atom. The van der Waals surface area contributed by atoms with Crippen LogP contribution < -0.4 is 47.4 Å². The van der Waals surface area contributed by atoms with Gasteiger partial charge in [-0.25, -0.2) is 19.9 Å². The third kappa shape index (κ3) is 12.7. The Labute approximate surface area is 521 Å². The number of fused-ring (bicyclic) bond motifs is 4. The van der Waals surface area contributed by atoms with E-state index in [0.717, 1.165) is 10.9 Å². The molecule has 10 aromatic rings. The maximum Gasteiger partial charge on any atom is 0.292 e. The quantitative estimate of drug-likeness (QED) is 0.0329. The molecule has 8 heterocycles. The summed E-state index contributed by atoms with van der Waals surface area (Å²) in [5.74, 6) is -4.31. The summed E-state index contributed by atoms with van der Waals surface area (Å²) >= 11 is 6.41. The summed E-state index contributed by atoms with van der Waals surface area (Å²) in [6.07, 6.45) is 9.06. The molecule has 31 heteroatoms. The molecule has 91 heavy (non-hydrogen) atoms. The molecule has 0 bridgehead atoms. The van der Waals surface area contributed by atoms with Crippen LogP contribution in [0.2, 0.25) is 0 Å². The number of benzene rings is 3. The number of aromatic nitrogens is 11. The minimum Gasteiger partial charge on any atom is -0.507 e. The van der Waals surface area contributed by atoms with Crippen molar-refractivity contribution in [1.82, 2.24) is 57.6 Å². The van der Waals surface area contributed by atoms with E-state index in [1.54, 1.807) is 88.3 Å². The fraction of sp³-hybridized carbons (Fsp3) is 0.217. The highest BCUT2D eigenvalue weighted by Gasteiger charge is 2.36. The first-order valence-corrected chi connectivity index (χ1v) is 28.7. The van der Waals surface area contributed by atoms with Gasteiger partial charge in [-0.1, -0.05) is 24.3 Å². The summed E-state index contributed by atoms with van der Waals surface area (Å²) < 4.78 is 8.66. The van der Waals surface area contributed by atoms with E-state index in [1.165, 1.54) is 72.9 Å². The zero-order chi connectivity index (χ0) is 64.7. The zero-order valence-corrected chi connectivity index (χ0v) is 50.6. The summed E-state index contributed by atoms with van der Waals surface area (Å²) in [7, 11) is 9.50. The first kappa shape index (κ1) is 60.9. The standard InChI is InChI=1S/C60H59ClN20O10/c1-30(82)63-44-26-77(4)52(69-44)58(89)74-47-29-80(7)53(72-47)59(90)73-46-28-79(6)51(71-46)57(88)65-34-19-41(75(2)24-34)54(85)62-16-10-13-48(84)68-45-27-78(5)50(70-45)56(87)66-35-20-42(76(3)25-35)55(86)64-33-14-15-38-31(17-33)18-39(67-38)60(91)81-23-32(22-61)49-37-12-9-8-11-36(37)43(83)21-40(49)81/h8-9,11-12,14-15,17-21,24-29,32,67,83H,10,13,16,22-23H2,1-7H3,(H,62,85)(H,63,82)(H,64,86)(H,65,88)(H,66,87)(H,68,84)(H,73,90)(H,74,89). The van der Waals surface area contributed by atoms with Crippen molar-refractivity contribution in [2.24, 2.45) is 42.3 Å². The highest BCUT2D eigenvalue weighted by molar-refractivity contribution is 6.19. The first-order chi connectivity index (χ1) is 43.5. The van der Waals surface area contributed by atoms with Crippen molar-refractivity contribution < 1.29 is 48.3 Å². The molecule has 1 aliphatic heterocycles. The van der Waals surface area contributed by atoms with E-state index in [2.05, 4.69) is 67.5 Å². The minimum absolute atomic E-state index is 0.0144. The van der Waals surface area contributed by atoms with Gasteiger partial charge in [0, 0.05) is 146 Å². The number of H-pyrrole nitrogens is 1. The molecule has 0 aliphatic carbocycles. The molecule has 30 nitrogen and oxygen atoms in total. The summed E-state index contributed by atoms with van der Waals surface area (Å²) in [6.45, 7) is 1.75. The second-order valence-electron chi connectivity index (χ2n) is 21.7. The van der Waals surface area contributed by atoms with Gasteiger partial charge < -0.3 is 84.9 Å². The number of hydrogen-bond donors (Lipinski definition) is 10. The van der Waals surface area contributed by atoms with Crippen LogP contribution in [0.4, 0.5) is 46.0 Å². The lowest BCUT2D eigenvalue weighted by atomic mass is 9.95. The van der Waals surface area contributed by atoms with Crippen LogP contribution in [0.25, 0.3) is 21.7 Å². The second-order valence-corrected chi connectivity index (χ2v) is 22.0. The smallest absolute Gasteiger partial charge is 0.292 e. The van der Waals surface area contributed by atoms with Gasteiger partial charge in [0.2, 0.25) is 35.1 Å². The predicted molar refractivity (Wildman–Crippen MR) is 337 cm³/mol. The normalized spacial score (nSPS) is 12.6. The molecule has 9 amide bonds. The molecule has 10 N–H and O–H groups in total. The SMILES string of the molecule is CC(=O)Nc1cn(C)c(C(=O)Nc2cn(C)c(C(=O)Nc3cn(C)c(C(=O)Nc4cc(C(=O)NCCCC(=O)Nc5cn(C)c(C(=O)Nc6cc(C(=O)Nc7ccc8[nH]c(C(=O)N9CC(CCl)c%10c9cc(O)c9ccccc%109)cc8c7)n(C)c6)n5)n(C)c4)n3)n2)n1. The van der Waals surface area contributed by atoms with E-state index in [1.807, 2.05) is 24.3 Å². The molecule has 1 unspecified atom stereocenters. The van der Waals surface area contributed by atoms with E-state index in [9.17, 15) is 48.3 Å². The molecule has 0 fully saturated rings. The second kappa shape index (κ2) is 24.7. The van der Waals surface area contributed by atoms with Gasteiger partial charge in [0.15, 0.2) is 23.3 Å². The largest absolute Gasteiger partial charge is 0.507 e. The number of halogens is 1. The Bertz CT molecular complexity index is 4650. The number of phenols is 1. The van der Waals surface area contributed by atoms with Crippen LogP contribution in [0, 0.1) is 0 Å². The van der Waals surface area contributed by atoms with E-state index >= 15 is 0 Å². The molecule has 466 valence electrons. The fourth-order valence-electron chi connectivity index (χ4n) is 10.7. The van der Waals surface area contributed by atoms with Crippen LogP contribution >= 0.6 is 11.6 Å². The Hall–Kier alpha value is -11.8. The maximum absolute atomic E-state index is 14.0. The number of rotatable bonds is 19. The van der Waals surface area contributed by atoms with Crippen molar-refractivity contribution in [3.8, 4) is 5.75 Å². The van der Waals surface area contributed by atoms with Crippen molar-refractivity contribution in [3.63, 3.8) is 0 Å². The molecule has 0 radical (unpaired) electrons. The lowest BCUT2D eigenvalue weighted by Crippen LogP contribution is -2.30. The number of anilines is 8. The first-order valence-electron chi connectivity index (χ1n) is 28.1. The number of amides is 9. The number of aryl methyl sites for hydroxylation is 6. The molecule has 0 spiro atoms. The van der Waals surface area contributed by atoms with Crippen LogP contribution in [-0.4, -0.2) is 130 Å². The number of carbonyl (C=O) groups is 9. The van der Waals surface area contributed by atoms with Gasteiger partial charge >= 0.3 is 0 Å². The average molecular weight is 1260 g/mol. The third-order valence-electron chi connectivity index (χ3n) is 14.9. The fourth-order valence-corrected chi connectivity index (χ4v) is 11.0. The summed E-state index contributed by atoms with van der Waals surface area (Å²) in [4.78, 5) is 140. The third-order valence-corrected chi connectivity index (χ3v) is 15.3. The topological polar surface area (TPSA) is 370 Å². The number of aromatic amines is 1. The maximum atomic E-state index is 14.0. The number of phenolic OH excluding ortho intramolecular Hbond substituents is 1. The van der Waals surface area contributed by atoms with Crippen molar-refractivity contribution in [2.75, 3.05) is 61.1 Å². The molecule has 1 atom stereocenters. The lowest BCUT2D eigenvalue weighted by Gasteiger charge is -2.17. The van der Waals surface area contributed by atoms with E-state index in [-0.39, 0.29) is 112 Å². The highest BCUT2D eigenvalue weighted by Crippen LogP contribution is 2.46. The zero-order valence-electron chi connectivity index (χ0n) is 49.8. The monoisotopic (exact) mass is 1250 g/mol. The van der Waals surface area contributed by atoms with Gasteiger partial charge in [-0.05, 0) is 53.8 Å². The summed E-state index contributed by atoms with van der Waals surface area (Å²) in [6, 6.07) is 18.9. The van der Waals surface area contributed by atoms with Gasteiger partial charge in [-0.2, -0.15) is 0 Å². The Kier molecular flexibility index (Phi) is 16.5. The van der Waals surface area contributed by atoms with Gasteiger partial charge in [0.1, 0.15) is 22.8 Å². The molecule has 0 saturated carbocycles. The number of alkyl halides is 1. The Balaban J connectivity index is 0.621. The van der Waals surface area contributed by atoms with E-state index in [4.69, 9.17) is 11.6 Å². The molecule has 3 aromatic carbocycles. The minimum atomic E-state index is -0.697. The molecule has 11 rings (SSSR count). The van der Waals surface area contributed by atoms with E-state index < -0.39 is 41.4 Å². The van der Waals surface area contributed by atoms with Gasteiger partial charge in [-0.15, -0.1) is 11.6 Å². The molecular weight excluding hydrogens is 1200 g/mol. The lowest BCUT2D eigenvalue weighted by molar-refractivity contribution is -0.116. The van der Waals surface area contributed by atoms with Gasteiger partial charge in [0.25, 0.3) is 41.4 Å². The summed E-state index contributed by atoms with van der Waals surface area (Å²) in [5, 5.41) is 34.5. The van der Waals surface area contributed by atoms with Crippen LogP contribution in [0.1, 0.15) is 105 Å². The number of imidazole rings is 4. The number of nitrogens with zero attached hydrogens (tertiary/aromatic N) is 11. The van der Waals surface area contributed by atoms with Crippen molar-refractivity contribution in [2.45, 2.75) is 25.7 Å².